The Bertz CT molecular complexity index is 867. The van der Waals surface area contributed by atoms with Crippen molar-refractivity contribution >= 4 is 29.4 Å². The largest absolute Gasteiger partial charge is 0.385 e. The highest BCUT2D eigenvalue weighted by Gasteiger charge is 2.11. The summed E-state index contributed by atoms with van der Waals surface area (Å²) in [6.45, 7) is 1.63. The van der Waals surface area contributed by atoms with E-state index in [4.69, 9.17) is 0 Å². The molecule has 2 N–H and O–H groups in total. The second-order valence-electron chi connectivity index (χ2n) is 5.46. The normalized spacial score (nSPS) is 13.0. The summed E-state index contributed by atoms with van der Waals surface area (Å²) in [6.07, 6.45) is 3.86. The van der Waals surface area contributed by atoms with Gasteiger partial charge < -0.3 is 5.32 Å². The van der Waals surface area contributed by atoms with Crippen LogP contribution in [0.3, 0.4) is 0 Å². The lowest BCUT2D eigenvalue weighted by Gasteiger charge is -2.18. The number of hydrogen-bond donors (Lipinski definition) is 2. The van der Waals surface area contributed by atoms with Gasteiger partial charge in [-0.25, -0.2) is 9.89 Å². The number of hydrogen-bond acceptors (Lipinski definition) is 4. The van der Waals surface area contributed by atoms with Gasteiger partial charge in [0.05, 0.1) is 6.54 Å². The molecule has 0 fully saturated rings. The Morgan fingerprint density at radius 3 is 3.00 bits per heavy atom. The lowest BCUT2D eigenvalue weighted by molar-refractivity contribution is 0.772. The third-order valence-corrected chi connectivity index (χ3v) is 5.05. The molecule has 3 heterocycles. The monoisotopic (exact) mass is 348 g/mol. The molecular weight excluding hydrogens is 332 g/mol. The molecule has 0 unspecified atom stereocenters. The first-order valence-corrected chi connectivity index (χ1v) is 8.17. The van der Waals surface area contributed by atoms with Gasteiger partial charge in [-0.3, -0.25) is 4.57 Å². The van der Waals surface area contributed by atoms with E-state index in [2.05, 4.69) is 45.8 Å². The van der Waals surface area contributed by atoms with Crippen LogP contribution in [-0.4, -0.2) is 21.3 Å². The predicted octanol–water partition coefficient (Wildman–Crippen LogP) is 3.13. The number of anilines is 1. The summed E-state index contributed by atoms with van der Waals surface area (Å²) in [5.74, 6) is 0. The zero-order chi connectivity index (χ0) is 14.9. The molecule has 2 aromatic heterocycles. The van der Waals surface area contributed by atoms with Gasteiger partial charge >= 0.3 is 5.69 Å². The molecule has 1 aliphatic rings. The lowest BCUT2D eigenvalue weighted by Crippen LogP contribution is -2.16. The minimum Gasteiger partial charge on any atom is -0.385 e. The van der Waals surface area contributed by atoms with E-state index >= 15 is 0 Å². The van der Waals surface area contributed by atoms with Gasteiger partial charge in [0, 0.05) is 22.0 Å². The summed E-state index contributed by atoms with van der Waals surface area (Å²) in [6, 6.07) is 10.8. The summed E-state index contributed by atoms with van der Waals surface area (Å²) in [7, 11) is 0. The SMILES string of the molecule is Cl.O=c1[nH]ncn1Cc1ccc(-c2ccc3c(c2)CCCN3)s1. The molecule has 0 saturated carbocycles. The van der Waals surface area contributed by atoms with Crippen LogP contribution in [0, 0.1) is 0 Å². The van der Waals surface area contributed by atoms with Crippen LogP contribution >= 0.6 is 23.7 Å². The van der Waals surface area contributed by atoms with Crippen molar-refractivity contribution in [3.63, 3.8) is 0 Å². The van der Waals surface area contributed by atoms with Crippen molar-refractivity contribution in [1.29, 1.82) is 0 Å². The van der Waals surface area contributed by atoms with Crippen LogP contribution in [0.1, 0.15) is 16.9 Å². The summed E-state index contributed by atoms with van der Waals surface area (Å²) in [5.41, 5.74) is 3.73. The van der Waals surface area contributed by atoms with E-state index in [9.17, 15) is 4.79 Å². The van der Waals surface area contributed by atoms with Crippen molar-refractivity contribution in [2.45, 2.75) is 19.4 Å². The molecule has 4 rings (SSSR count). The van der Waals surface area contributed by atoms with Crippen LogP contribution in [0.25, 0.3) is 10.4 Å². The molecule has 0 radical (unpaired) electrons. The molecule has 120 valence electrons. The number of aromatic nitrogens is 3. The van der Waals surface area contributed by atoms with Gasteiger partial charge in [0.1, 0.15) is 6.33 Å². The van der Waals surface area contributed by atoms with E-state index < -0.39 is 0 Å². The smallest absolute Gasteiger partial charge is 0.343 e. The van der Waals surface area contributed by atoms with E-state index in [0.717, 1.165) is 17.8 Å². The molecule has 5 nitrogen and oxygen atoms in total. The minimum atomic E-state index is -0.171. The fraction of sp³-hybridized carbons (Fsp3) is 0.250. The van der Waals surface area contributed by atoms with E-state index in [0.29, 0.717) is 6.54 Å². The Labute approximate surface area is 143 Å². The van der Waals surface area contributed by atoms with Crippen LogP contribution in [0.2, 0.25) is 0 Å². The van der Waals surface area contributed by atoms with Gasteiger partial charge in [-0.05, 0) is 48.2 Å². The number of halogens is 1. The van der Waals surface area contributed by atoms with Gasteiger partial charge in [-0.2, -0.15) is 5.10 Å². The molecular formula is C16H17ClN4OS. The molecule has 23 heavy (non-hydrogen) atoms. The first-order valence-electron chi connectivity index (χ1n) is 7.35. The number of fused-ring (bicyclic) bond motifs is 1. The second kappa shape index (κ2) is 6.60. The van der Waals surface area contributed by atoms with E-state index in [-0.39, 0.29) is 18.1 Å². The van der Waals surface area contributed by atoms with Crippen molar-refractivity contribution in [1.82, 2.24) is 14.8 Å². The summed E-state index contributed by atoms with van der Waals surface area (Å²) >= 11 is 1.72. The first-order chi connectivity index (χ1) is 10.8. The van der Waals surface area contributed by atoms with Crippen molar-refractivity contribution < 1.29 is 0 Å². The fourth-order valence-corrected chi connectivity index (χ4v) is 3.80. The number of nitrogens with zero attached hydrogens (tertiary/aromatic N) is 2. The van der Waals surface area contributed by atoms with Crippen LogP contribution < -0.4 is 11.0 Å². The lowest BCUT2D eigenvalue weighted by atomic mass is 10.0. The maximum atomic E-state index is 11.5. The highest BCUT2D eigenvalue weighted by molar-refractivity contribution is 7.15. The Kier molecular flexibility index (Phi) is 4.54. The molecule has 0 saturated heterocycles. The van der Waals surface area contributed by atoms with Gasteiger partial charge in [-0.1, -0.05) is 6.07 Å². The van der Waals surface area contributed by atoms with E-state index in [1.807, 2.05) is 0 Å². The molecule has 1 aromatic carbocycles. The number of rotatable bonds is 3. The van der Waals surface area contributed by atoms with Crippen LogP contribution in [0.4, 0.5) is 5.69 Å². The molecule has 3 aromatic rings. The van der Waals surface area contributed by atoms with Crippen molar-refractivity contribution in [3.05, 3.63) is 57.6 Å². The zero-order valence-corrected chi connectivity index (χ0v) is 14.0. The maximum absolute atomic E-state index is 11.5. The predicted molar refractivity (Wildman–Crippen MR) is 95.8 cm³/mol. The van der Waals surface area contributed by atoms with Gasteiger partial charge in [0.2, 0.25) is 0 Å². The summed E-state index contributed by atoms with van der Waals surface area (Å²) in [5, 5.41) is 9.61. The second-order valence-corrected chi connectivity index (χ2v) is 6.63. The molecule has 0 spiro atoms. The quantitative estimate of drug-likeness (QED) is 0.764. The molecule has 7 heteroatoms. The molecule has 1 aliphatic heterocycles. The third kappa shape index (κ3) is 3.18. The van der Waals surface area contributed by atoms with Crippen molar-refractivity contribution in [3.8, 4) is 10.4 Å². The Morgan fingerprint density at radius 2 is 2.17 bits per heavy atom. The van der Waals surface area contributed by atoms with E-state index in [1.54, 1.807) is 15.9 Å². The van der Waals surface area contributed by atoms with E-state index in [1.165, 1.54) is 34.4 Å². The highest BCUT2D eigenvalue weighted by Crippen LogP contribution is 2.32. The maximum Gasteiger partial charge on any atom is 0.343 e. The van der Waals surface area contributed by atoms with Crippen LogP contribution in [0.5, 0.6) is 0 Å². The Balaban J connectivity index is 0.00000156. The summed E-state index contributed by atoms with van der Waals surface area (Å²) in [4.78, 5) is 13.9. The average Bonchev–Trinajstić information content (AvgIpc) is 3.17. The number of nitrogens with one attached hydrogen (secondary N) is 2. The topological polar surface area (TPSA) is 62.7 Å². The number of thiophene rings is 1. The Morgan fingerprint density at radius 1 is 1.26 bits per heavy atom. The Hall–Kier alpha value is -2.05. The highest BCUT2D eigenvalue weighted by atomic mass is 35.5. The number of benzene rings is 1. The van der Waals surface area contributed by atoms with Gasteiger partial charge in [-0.15, -0.1) is 23.7 Å². The number of H-pyrrole nitrogens is 1. The average molecular weight is 349 g/mol. The zero-order valence-electron chi connectivity index (χ0n) is 12.4. The molecule has 0 bridgehead atoms. The number of aryl methyl sites for hydroxylation is 1. The summed E-state index contributed by atoms with van der Waals surface area (Å²) < 4.78 is 1.58. The first kappa shape index (κ1) is 15.8. The molecule has 0 amide bonds. The van der Waals surface area contributed by atoms with Gasteiger partial charge in [0.25, 0.3) is 0 Å². The number of aromatic amines is 1. The van der Waals surface area contributed by atoms with Gasteiger partial charge in [0.15, 0.2) is 0 Å². The molecule has 0 aliphatic carbocycles. The molecule has 0 atom stereocenters. The van der Waals surface area contributed by atoms with Crippen molar-refractivity contribution in [2.75, 3.05) is 11.9 Å². The van der Waals surface area contributed by atoms with Crippen LogP contribution in [0.15, 0.2) is 41.5 Å². The van der Waals surface area contributed by atoms with Crippen LogP contribution in [-0.2, 0) is 13.0 Å². The standard InChI is InChI=1S/C16H16N4OS.ClH/c21-16-19-18-10-20(16)9-13-4-6-15(22-13)12-3-5-14-11(8-12)2-1-7-17-14;/h3-6,8,10,17H,1-2,7,9H2,(H,19,21);1H. The van der Waals surface area contributed by atoms with Crippen molar-refractivity contribution in [2.24, 2.45) is 0 Å². The third-order valence-electron chi connectivity index (χ3n) is 3.93. The minimum absolute atomic E-state index is 0. The fourth-order valence-electron chi connectivity index (χ4n) is 2.80.